The van der Waals surface area contributed by atoms with Gasteiger partial charge in [0.15, 0.2) is 5.75 Å². The number of ether oxygens (including phenoxy) is 2. The van der Waals surface area contributed by atoms with Crippen molar-refractivity contribution in [3.8, 4) is 11.5 Å². The Morgan fingerprint density at radius 2 is 1.91 bits per heavy atom. The van der Waals surface area contributed by atoms with Crippen LogP contribution in [0.1, 0.15) is 70.0 Å². The number of aromatic nitrogens is 3. The van der Waals surface area contributed by atoms with Gasteiger partial charge in [-0.05, 0) is 58.4 Å². The number of hydrogen-bond donors (Lipinski definition) is 2. The molecule has 2 aliphatic heterocycles. The zero-order valence-corrected chi connectivity index (χ0v) is 20.1. The molecule has 1 saturated carbocycles. The number of pyridine rings is 1. The van der Waals surface area contributed by atoms with Crippen LogP contribution in [0.15, 0.2) is 24.5 Å². The molecule has 0 unspecified atom stereocenters. The van der Waals surface area contributed by atoms with Gasteiger partial charge in [0, 0.05) is 50.5 Å². The summed E-state index contributed by atoms with van der Waals surface area (Å²) in [6, 6.07) is 4.51. The molecule has 0 radical (unpaired) electrons. The van der Waals surface area contributed by atoms with Crippen LogP contribution in [0, 0.1) is 0 Å². The van der Waals surface area contributed by atoms with E-state index >= 15 is 0 Å². The highest BCUT2D eigenvalue weighted by atomic mass is 16.5. The van der Waals surface area contributed by atoms with E-state index in [2.05, 4.69) is 15.0 Å². The van der Waals surface area contributed by atoms with E-state index in [9.17, 15) is 9.90 Å². The molecule has 2 saturated heterocycles. The molecule has 0 bridgehead atoms. The summed E-state index contributed by atoms with van der Waals surface area (Å²) in [4.78, 5) is 18.5. The van der Waals surface area contributed by atoms with E-state index in [1.807, 2.05) is 18.3 Å². The molecular weight excluding hydrogens is 434 g/mol. The van der Waals surface area contributed by atoms with Crippen LogP contribution in [0.3, 0.4) is 0 Å². The van der Waals surface area contributed by atoms with Gasteiger partial charge in [0.2, 0.25) is 0 Å². The van der Waals surface area contributed by atoms with Gasteiger partial charge in [-0.25, -0.2) is 4.98 Å². The number of likely N-dealkylation sites (tertiary alicyclic amines) is 1. The summed E-state index contributed by atoms with van der Waals surface area (Å²) < 4.78 is 14.0. The van der Waals surface area contributed by atoms with Crippen molar-refractivity contribution in [1.29, 1.82) is 0 Å². The third-order valence-corrected chi connectivity index (χ3v) is 6.87. The normalized spacial score (nSPS) is 20.4. The fourth-order valence-corrected chi connectivity index (χ4v) is 4.75. The van der Waals surface area contributed by atoms with Crippen molar-refractivity contribution in [3.63, 3.8) is 0 Å². The van der Waals surface area contributed by atoms with Gasteiger partial charge in [-0.2, -0.15) is 5.10 Å². The Balaban J connectivity index is 1.23. The minimum atomic E-state index is -1.33. The van der Waals surface area contributed by atoms with Gasteiger partial charge in [0.1, 0.15) is 22.9 Å². The predicted molar refractivity (Wildman–Crippen MR) is 127 cm³/mol. The van der Waals surface area contributed by atoms with Crippen molar-refractivity contribution in [2.75, 3.05) is 31.6 Å². The third-order valence-electron chi connectivity index (χ3n) is 6.87. The van der Waals surface area contributed by atoms with Gasteiger partial charge >= 0.3 is 0 Å². The SMILES string of the molecule is CC(C)(O)C(=O)N1CCC(Nc2cc(Oc3cn(C4CC4)nc3C3CCOCC3)ccn2)CC1. The number of hydrogen-bond acceptors (Lipinski definition) is 7. The maximum absolute atomic E-state index is 12.3. The molecule has 0 aromatic carbocycles. The highest BCUT2D eigenvalue weighted by Crippen LogP contribution is 2.40. The molecule has 1 amide bonds. The van der Waals surface area contributed by atoms with Gasteiger partial charge in [0.25, 0.3) is 5.91 Å². The molecule has 3 fully saturated rings. The Kier molecular flexibility index (Phi) is 6.48. The van der Waals surface area contributed by atoms with Crippen molar-refractivity contribution in [2.24, 2.45) is 0 Å². The van der Waals surface area contributed by atoms with E-state index in [-0.39, 0.29) is 11.9 Å². The fraction of sp³-hybridized carbons (Fsp3) is 0.640. The molecule has 2 aromatic rings. The lowest BCUT2D eigenvalue weighted by Crippen LogP contribution is -2.50. The zero-order valence-electron chi connectivity index (χ0n) is 20.1. The number of anilines is 1. The Bertz CT molecular complexity index is 999. The van der Waals surface area contributed by atoms with Crippen LogP contribution in [0.5, 0.6) is 11.5 Å². The summed E-state index contributed by atoms with van der Waals surface area (Å²) in [5.74, 6) is 2.46. The smallest absolute Gasteiger partial charge is 0.253 e. The molecule has 5 rings (SSSR count). The maximum Gasteiger partial charge on any atom is 0.253 e. The predicted octanol–water partition coefficient (Wildman–Crippen LogP) is 3.47. The first-order chi connectivity index (χ1) is 16.4. The minimum absolute atomic E-state index is 0.212. The Labute approximate surface area is 200 Å². The molecule has 3 aliphatic rings. The second kappa shape index (κ2) is 9.54. The average molecular weight is 470 g/mol. The van der Waals surface area contributed by atoms with Crippen LogP contribution in [-0.4, -0.2) is 68.6 Å². The summed E-state index contributed by atoms with van der Waals surface area (Å²) in [7, 11) is 0. The summed E-state index contributed by atoms with van der Waals surface area (Å²) in [6.45, 7) is 5.85. The quantitative estimate of drug-likeness (QED) is 0.640. The van der Waals surface area contributed by atoms with Crippen molar-refractivity contribution in [2.45, 2.75) is 76.0 Å². The standard InChI is InChI=1S/C25H35N5O4/c1-25(2,32)24(31)29-11-6-18(7-12-29)27-22-15-20(5-10-26-22)34-21-16-30(19-3-4-19)28-23(21)17-8-13-33-14-9-17/h5,10,15-19,32H,3-4,6-9,11-14H2,1-2H3,(H,26,27). The lowest BCUT2D eigenvalue weighted by Gasteiger charge is -2.35. The van der Waals surface area contributed by atoms with Crippen molar-refractivity contribution in [3.05, 3.63) is 30.2 Å². The molecule has 2 aromatic heterocycles. The number of aliphatic hydroxyl groups is 1. The number of nitrogens with zero attached hydrogens (tertiary/aromatic N) is 4. The van der Waals surface area contributed by atoms with E-state index in [1.165, 1.54) is 26.7 Å². The molecule has 9 nitrogen and oxygen atoms in total. The van der Waals surface area contributed by atoms with Crippen molar-refractivity contribution in [1.82, 2.24) is 19.7 Å². The number of carbonyl (C=O) groups is 1. The molecule has 184 valence electrons. The highest BCUT2D eigenvalue weighted by molar-refractivity contribution is 5.84. The van der Waals surface area contributed by atoms with E-state index in [4.69, 9.17) is 14.6 Å². The molecular formula is C25H35N5O4. The largest absolute Gasteiger partial charge is 0.454 e. The zero-order chi connectivity index (χ0) is 23.7. The summed E-state index contributed by atoms with van der Waals surface area (Å²) >= 11 is 0. The van der Waals surface area contributed by atoms with Crippen LogP contribution >= 0.6 is 0 Å². The lowest BCUT2D eigenvalue weighted by molar-refractivity contribution is -0.148. The third kappa shape index (κ3) is 5.36. The van der Waals surface area contributed by atoms with Crippen LogP contribution in [0.2, 0.25) is 0 Å². The van der Waals surface area contributed by atoms with Crippen LogP contribution in [0.25, 0.3) is 0 Å². The summed E-state index contributed by atoms with van der Waals surface area (Å²) in [5, 5.41) is 18.4. The number of nitrogens with one attached hydrogen (secondary N) is 1. The lowest BCUT2D eigenvalue weighted by atomic mass is 9.96. The molecule has 34 heavy (non-hydrogen) atoms. The first kappa shape index (κ1) is 23.1. The van der Waals surface area contributed by atoms with Gasteiger partial charge in [-0.3, -0.25) is 9.48 Å². The van der Waals surface area contributed by atoms with E-state index < -0.39 is 5.60 Å². The highest BCUT2D eigenvalue weighted by Gasteiger charge is 2.32. The van der Waals surface area contributed by atoms with Gasteiger partial charge in [-0.15, -0.1) is 0 Å². The van der Waals surface area contributed by atoms with Crippen LogP contribution in [0.4, 0.5) is 5.82 Å². The first-order valence-corrected chi connectivity index (χ1v) is 12.5. The van der Waals surface area contributed by atoms with Crippen molar-refractivity contribution < 1.29 is 19.4 Å². The van der Waals surface area contributed by atoms with Gasteiger partial charge in [0.05, 0.1) is 12.2 Å². The number of rotatable bonds is 7. The number of carbonyl (C=O) groups excluding carboxylic acids is 1. The average Bonchev–Trinajstić information content (AvgIpc) is 3.60. The van der Waals surface area contributed by atoms with Crippen molar-refractivity contribution >= 4 is 11.7 Å². The molecule has 0 atom stereocenters. The maximum atomic E-state index is 12.3. The molecule has 0 spiro atoms. The van der Waals surface area contributed by atoms with Gasteiger partial charge < -0.3 is 24.8 Å². The molecule has 4 heterocycles. The topological polar surface area (TPSA) is 102 Å². The Morgan fingerprint density at radius 1 is 1.18 bits per heavy atom. The summed E-state index contributed by atoms with van der Waals surface area (Å²) in [6.07, 6.45) is 9.70. The first-order valence-electron chi connectivity index (χ1n) is 12.5. The Morgan fingerprint density at radius 3 is 2.59 bits per heavy atom. The minimum Gasteiger partial charge on any atom is -0.454 e. The van der Waals surface area contributed by atoms with Gasteiger partial charge in [-0.1, -0.05) is 0 Å². The fourth-order valence-electron chi connectivity index (χ4n) is 4.75. The molecule has 1 aliphatic carbocycles. The monoisotopic (exact) mass is 469 g/mol. The van der Waals surface area contributed by atoms with Crippen LogP contribution < -0.4 is 10.1 Å². The number of piperidine rings is 1. The number of amides is 1. The Hall–Kier alpha value is -2.65. The van der Waals surface area contributed by atoms with Crippen LogP contribution in [-0.2, 0) is 9.53 Å². The van der Waals surface area contributed by atoms with E-state index in [0.717, 1.165) is 61.9 Å². The molecule has 2 N–H and O–H groups in total. The molecule has 9 heteroatoms. The summed E-state index contributed by atoms with van der Waals surface area (Å²) in [5.41, 5.74) is -0.296. The van der Waals surface area contributed by atoms with E-state index in [1.54, 1.807) is 11.1 Å². The van der Waals surface area contributed by atoms with E-state index in [0.29, 0.717) is 25.0 Å². The second-order valence-electron chi connectivity index (χ2n) is 10.2. The second-order valence-corrected chi connectivity index (χ2v) is 10.2.